The van der Waals surface area contributed by atoms with Crippen LogP contribution in [0, 0.1) is 6.92 Å². The Morgan fingerprint density at radius 3 is 2.42 bits per heavy atom. The number of halogens is 3. The lowest BCUT2D eigenvalue weighted by molar-refractivity contribution is 0.306. The minimum atomic E-state index is 0.356. The van der Waals surface area contributed by atoms with Crippen LogP contribution in [-0.4, -0.2) is 6.21 Å². The van der Waals surface area contributed by atoms with Gasteiger partial charge in [0.05, 0.1) is 10.7 Å². The normalized spacial score (nSPS) is 11.1. The molecule has 2 nitrogen and oxygen atoms in total. The van der Waals surface area contributed by atoms with Crippen molar-refractivity contribution in [2.24, 2.45) is 4.99 Å². The van der Waals surface area contributed by atoms with Gasteiger partial charge >= 0.3 is 0 Å². The number of ether oxygens (including phenoxy) is 1. The maximum absolute atomic E-state index is 6.33. The smallest absolute Gasteiger partial charge is 0.138 e. The van der Waals surface area contributed by atoms with Crippen molar-refractivity contribution in [2.45, 2.75) is 13.5 Å². The van der Waals surface area contributed by atoms with E-state index in [0.29, 0.717) is 27.4 Å². The van der Waals surface area contributed by atoms with Crippen LogP contribution in [0.25, 0.3) is 0 Å². The largest absolute Gasteiger partial charge is 0.487 e. The molecule has 5 heteroatoms. The molecule has 0 aliphatic carbocycles. The van der Waals surface area contributed by atoms with Crippen molar-refractivity contribution in [3.63, 3.8) is 0 Å². The summed E-state index contributed by atoms with van der Waals surface area (Å²) in [5.41, 5.74) is 3.55. The molecule has 3 aromatic rings. The van der Waals surface area contributed by atoms with E-state index in [-0.39, 0.29) is 0 Å². The lowest BCUT2D eigenvalue weighted by Crippen LogP contribution is -1.97. The van der Waals surface area contributed by atoms with E-state index in [1.165, 1.54) is 0 Å². The van der Waals surface area contributed by atoms with Crippen molar-refractivity contribution in [2.75, 3.05) is 0 Å². The van der Waals surface area contributed by atoms with E-state index in [9.17, 15) is 0 Å². The van der Waals surface area contributed by atoms with E-state index in [1.807, 2.05) is 67.6 Å². The number of benzene rings is 3. The van der Waals surface area contributed by atoms with Gasteiger partial charge in [-0.1, -0.05) is 59.1 Å². The van der Waals surface area contributed by atoms with Gasteiger partial charge in [-0.2, -0.15) is 0 Å². The van der Waals surface area contributed by atoms with Gasteiger partial charge in [0.25, 0.3) is 0 Å². The van der Waals surface area contributed by atoms with Crippen LogP contribution in [0.2, 0.25) is 15.1 Å². The summed E-state index contributed by atoms with van der Waals surface area (Å²) in [5.74, 6) is 0.600. The number of nitrogens with zero attached hydrogens (tertiary/aromatic N) is 1. The Morgan fingerprint density at radius 2 is 1.65 bits per heavy atom. The van der Waals surface area contributed by atoms with Crippen molar-refractivity contribution < 1.29 is 4.74 Å². The first kappa shape index (κ1) is 18.8. The molecule has 0 radical (unpaired) electrons. The molecule has 3 rings (SSSR count). The van der Waals surface area contributed by atoms with Gasteiger partial charge in [-0.25, -0.2) is 0 Å². The fourth-order valence-electron chi connectivity index (χ4n) is 2.37. The molecule has 0 aliphatic heterocycles. The third kappa shape index (κ3) is 4.59. The van der Waals surface area contributed by atoms with Crippen molar-refractivity contribution in [1.29, 1.82) is 0 Å². The van der Waals surface area contributed by atoms with Crippen molar-refractivity contribution in [1.82, 2.24) is 0 Å². The van der Waals surface area contributed by atoms with Crippen molar-refractivity contribution in [3.05, 3.63) is 92.4 Å². The van der Waals surface area contributed by atoms with E-state index in [4.69, 9.17) is 39.5 Å². The molecule has 26 heavy (non-hydrogen) atoms. The zero-order chi connectivity index (χ0) is 18.5. The van der Waals surface area contributed by atoms with Gasteiger partial charge in [-0.05, 0) is 54.4 Å². The molecule has 0 aromatic heterocycles. The molecule has 0 unspecified atom stereocenters. The van der Waals surface area contributed by atoms with Gasteiger partial charge in [0.15, 0.2) is 0 Å². The van der Waals surface area contributed by atoms with E-state index in [1.54, 1.807) is 6.21 Å². The van der Waals surface area contributed by atoms with Gasteiger partial charge in [-0.15, -0.1) is 0 Å². The van der Waals surface area contributed by atoms with Gasteiger partial charge < -0.3 is 4.74 Å². The molecule has 0 bridgehead atoms. The zero-order valence-corrected chi connectivity index (χ0v) is 16.3. The lowest BCUT2D eigenvalue weighted by Gasteiger charge is -2.09. The summed E-state index contributed by atoms with van der Waals surface area (Å²) >= 11 is 18.6. The minimum Gasteiger partial charge on any atom is -0.487 e. The maximum Gasteiger partial charge on any atom is 0.138 e. The molecule has 0 amide bonds. The summed E-state index contributed by atoms with van der Waals surface area (Å²) < 4.78 is 5.78. The van der Waals surface area contributed by atoms with E-state index in [2.05, 4.69) is 4.99 Å². The first-order valence-electron chi connectivity index (χ1n) is 7.99. The Kier molecular flexibility index (Phi) is 6.20. The molecule has 0 N–H and O–H groups in total. The van der Waals surface area contributed by atoms with Crippen LogP contribution in [0.1, 0.15) is 16.7 Å². The van der Waals surface area contributed by atoms with E-state index >= 15 is 0 Å². The standard InChI is InChI=1S/C21H16Cl3NO/c1-14-17(22)7-4-8-20(14)25-12-15-9-10-21(19(24)11-15)26-13-16-5-2-3-6-18(16)23/h2-12H,13H2,1H3. The van der Waals surface area contributed by atoms with Crippen LogP contribution in [0.4, 0.5) is 5.69 Å². The quantitative estimate of drug-likeness (QED) is 0.409. The van der Waals surface area contributed by atoms with Crippen LogP contribution in [0.3, 0.4) is 0 Å². The predicted molar refractivity (Wildman–Crippen MR) is 111 cm³/mol. The van der Waals surface area contributed by atoms with Gasteiger partial charge in [0.2, 0.25) is 0 Å². The third-order valence-electron chi connectivity index (χ3n) is 3.89. The molecular formula is C21H16Cl3NO. The SMILES string of the molecule is Cc1c(Cl)cccc1N=Cc1ccc(OCc2ccccc2Cl)c(Cl)c1. The highest BCUT2D eigenvalue weighted by atomic mass is 35.5. The van der Waals surface area contributed by atoms with Crippen LogP contribution < -0.4 is 4.74 Å². The molecule has 3 aromatic carbocycles. The summed E-state index contributed by atoms with van der Waals surface area (Å²) in [7, 11) is 0. The Labute approximate surface area is 168 Å². The molecule has 0 heterocycles. The highest BCUT2D eigenvalue weighted by Crippen LogP contribution is 2.28. The van der Waals surface area contributed by atoms with Gasteiger partial charge in [0.1, 0.15) is 12.4 Å². The van der Waals surface area contributed by atoms with Crippen LogP contribution in [0.5, 0.6) is 5.75 Å². The Balaban J connectivity index is 1.72. The fourth-order valence-corrected chi connectivity index (χ4v) is 2.97. The number of rotatable bonds is 5. The third-order valence-corrected chi connectivity index (χ3v) is 4.96. The summed E-state index contributed by atoms with van der Waals surface area (Å²) in [6.45, 7) is 2.29. The van der Waals surface area contributed by atoms with Crippen LogP contribution in [-0.2, 0) is 6.61 Å². The highest BCUT2D eigenvalue weighted by molar-refractivity contribution is 6.32. The zero-order valence-electron chi connectivity index (χ0n) is 14.0. The van der Waals surface area contributed by atoms with E-state index in [0.717, 1.165) is 22.4 Å². The Bertz CT molecular complexity index is 954. The summed E-state index contributed by atoms with van der Waals surface area (Å²) in [6.07, 6.45) is 1.75. The molecular weight excluding hydrogens is 389 g/mol. The molecule has 0 saturated carbocycles. The second kappa shape index (κ2) is 8.59. The maximum atomic E-state index is 6.33. The molecule has 0 saturated heterocycles. The van der Waals surface area contributed by atoms with Crippen molar-refractivity contribution >= 4 is 46.7 Å². The van der Waals surface area contributed by atoms with Crippen LogP contribution in [0.15, 0.2) is 65.7 Å². The minimum absolute atomic E-state index is 0.356. The topological polar surface area (TPSA) is 21.6 Å². The van der Waals surface area contributed by atoms with E-state index < -0.39 is 0 Å². The molecule has 0 fully saturated rings. The highest BCUT2D eigenvalue weighted by Gasteiger charge is 2.05. The van der Waals surface area contributed by atoms with Gasteiger partial charge in [0, 0.05) is 21.8 Å². The Morgan fingerprint density at radius 1 is 0.885 bits per heavy atom. The predicted octanol–water partition coefficient (Wildman–Crippen LogP) is 7.28. The number of aliphatic imine (C=N–C) groups is 1. The molecule has 0 spiro atoms. The summed E-state index contributed by atoms with van der Waals surface area (Å²) in [6, 6.07) is 18.7. The average molecular weight is 405 g/mol. The Hall–Kier alpha value is -2.00. The van der Waals surface area contributed by atoms with Crippen molar-refractivity contribution in [3.8, 4) is 5.75 Å². The van der Waals surface area contributed by atoms with Gasteiger partial charge in [-0.3, -0.25) is 4.99 Å². The molecule has 0 aliphatic rings. The molecule has 132 valence electrons. The first-order chi connectivity index (χ1) is 12.5. The first-order valence-corrected chi connectivity index (χ1v) is 9.13. The number of hydrogen-bond acceptors (Lipinski definition) is 2. The fraction of sp³-hybridized carbons (Fsp3) is 0.0952. The molecule has 0 atom stereocenters. The van der Waals surface area contributed by atoms with Crippen LogP contribution >= 0.6 is 34.8 Å². The summed E-state index contributed by atoms with van der Waals surface area (Å²) in [4.78, 5) is 4.49. The monoisotopic (exact) mass is 403 g/mol. The second-order valence-electron chi connectivity index (χ2n) is 5.71. The second-order valence-corrected chi connectivity index (χ2v) is 6.93. The average Bonchev–Trinajstić information content (AvgIpc) is 2.63. The number of hydrogen-bond donors (Lipinski definition) is 0. The summed E-state index contributed by atoms with van der Waals surface area (Å²) in [5, 5.41) is 1.88. The lowest BCUT2D eigenvalue weighted by atomic mass is 10.2.